The van der Waals surface area contributed by atoms with E-state index < -0.39 is 0 Å². The van der Waals surface area contributed by atoms with Crippen LogP contribution in [0.5, 0.6) is 0 Å². The minimum Gasteiger partial charge on any atom is -0.351 e. The van der Waals surface area contributed by atoms with Gasteiger partial charge in [-0.2, -0.15) is 0 Å². The summed E-state index contributed by atoms with van der Waals surface area (Å²) in [6.07, 6.45) is 0.897. The van der Waals surface area contributed by atoms with Gasteiger partial charge in [-0.3, -0.25) is 9.69 Å². The van der Waals surface area contributed by atoms with Gasteiger partial charge in [-0.25, -0.2) is 0 Å². The van der Waals surface area contributed by atoms with Crippen molar-refractivity contribution in [3.05, 3.63) is 11.6 Å². The fourth-order valence-electron chi connectivity index (χ4n) is 2.19. The summed E-state index contributed by atoms with van der Waals surface area (Å²) < 4.78 is 1.93. The van der Waals surface area contributed by atoms with Gasteiger partial charge in [-0.1, -0.05) is 13.8 Å². The number of aryl methyl sites for hydroxylation is 1. The molecule has 0 spiro atoms. The zero-order valence-corrected chi connectivity index (χ0v) is 16.2. The number of hydrogen-bond acceptors (Lipinski definition) is 5. The van der Waals surface area contributed by atoms with Crippen LogP contribution in [0.1, 0.15) is 31.9 Å². The lowest BCUT2D eigenvalue weighted by atomic mass is 10.0. The molecule has 0 aliphatic rings. The van der Waals surface area contributed by atoms with Crippen molar-refractivity contribution in [2.45, 2.75) is 39.8 Å². The monoisotopic (exact) mass is 368 g/mol. The number of carbonyl (C=O) groups excluding carboxylic acids is 1. The predicted molar refractivity (Wildman–Crippen MR) is 97.0 cm³/mol. The van der Waals surface area contributed by atoms with Crippen LogP contribution in [0.2, 0.25) is 0 Å². The smallest absolute Gasteiger partial charge is 0.234 e. The van der Waals surface area contributed by atoms with E-state index in [4.69, 9.17) is 5.73 Å². The SMILES string of the molecule is Cc1nnc(CN(C)CC(=O)NC(CN)CC(C)C)n1C.Cl.Cl. The molecular formula is C14H30Cl2N6O. The molecule has 1 unspecified atom stereocenters. The molecule has 7 nitrogen and oxygen atoms in total. The van der Waals surface area contributed by atoms with Crippen LogP contribution >= 0.6 is 24.8 Å². The molecule has 1 amide bonds. The van der Waals surface area contributed by atoms with Gasteiger partial charge in [-0.05, 0) is 26.3 Å². The maximum Gasteiger partial charge on any atom is 0.234 e. The maximum absolute atomic E-state index is 12.0. The van der Waals surface area contributed by atoms with Gasteiger partial charge in [0.05, 0.1) is 13.1 Å². The first-order chi connectivity index (χ1) is 9.83. The number of nitrogens with zero attached hydrogens (tertiary/aromatic N) is 4. The minimum absolute atomic E-state index is 0. The topological polar surface area (TPSA) is 89.1 Å². The molecule has 1 aromatic rings. The van der Waals surface area contributed by atoms with Gasteiger partial charge in [0.15, 0.2) is 0 Å². The van der Waals surface area contributed by atoms with Crippen molar-refractivity contribution < 1.29 is 4.79 Å². The van der Waals surface area contributed by atoms with Crippen LogP contribution in [0.15, 0.2) is 0 Å². The Morgan fingerprint density at radius 1 is 1.35 bits per heavy atom. The summed E-state index contributed by atoms with van der Waals surface area (Å²) in [5.41, 5.74) is 5.70. The third kappa shape index (κ3) is 8.50. The number of rotatable bonds is 8. The Labute approximate surface area is 151 Å². The number of carbonyl (C=O) groups is 1. The van der Waals surface area contributed by atoms with Gasteiger partial charge in [-0.15, -0.1) is 35.0 Å². The van der Waals surface area contributed by atoms with E-state index in [-0.39, 0.29) is 36.8 Å². The highest BCUT2D eigenvalue weighted by atomic mass is 35.5. The molecule has 0 aromatic carbocycles. The Kier molecular flexibility index (Phi) is 12.3. The van der Waals surface area contributed by atoms with Crippen LogP contribution < -0.4 is 11.1 Å². The van der Waals surface area contributed by atoms with Crippen molar-refractivity contribution in [1.82, 2.24) is 25.0 Å². The van der Waals surface area contributed by atoms with Crippen LogP contribution in [-0.4, -0.2) is 51.8 Å². The van der Waals surface area contributed by atoms with Crippen molar-refractivity contribution in [3.63, 3.8) is 0 Å². The first-order valence-electron chi connectivity index (χ1n) is 7.36. The standard InChI is InChI=1S/C14H28N6O.2ClH/c1-10(2)6-12(7-15)16-14(21)9-19(4)8-13-18-17-11(3)20(13)5;;/h10,12H,6-9,15H2,1-5H3,(H,16,21);2*1H. The van der Waals surface area contributed by atoms with Gasteiger partial charge >= 0.3 is 0 Å². The zero-order chi connectivity index (χ0) is 16.0. The van der Waals surface area contributed by atoms with Crippen LogP contribution in [0.25, 0.3) is 0 Å². The Bertz CT molecular complexity index is 466. The van der Waals surface area contributed by atoms with Crippen LogP contribution in [0.4, 0.5) is 0 Å². The van der Waals surface area contributed by atoms with E-state index in [0.29, 0.717) is 25.6 Å². The second kappa shape index (κ2) is 11.6. The Hall–Kier alpha value is -0.890. The number of amides is 1. The molecule has 1 heterocycles. The molecule has 0 fully saturated rings. The number of aromatic nitrogens is 3. The van der Waals surface area contributed by atoms with E-state index in [9.17, 15) is 4.79 Å². The van der Waals surface area contributed by atoms with E-state index in [1.165, 1.54) is 0 Å². The molecule has 23 heavy (non-hydrogen) atoms. The molecular weight excluding hydrogens is 339 g/mol. The highest BCUT2D eigenvalue weighted by Gasteiger charge is 2.15. The number of likely N-dealkylation sites (N-methyl/N-ethyl adjacent to an activating group) is 1. The number of halogens is 2. The molecule has 0 radical (unpaired) electrons. The number of hydrogen-bond donors (Lipinski definition) is 2. The third-order valence-electron chi connectivity index (χ3n) is 3.41. The highest BCUT2D eigenvalue weighted by Crippen LogP contribution is 2.04. The van der Waals surface area contributed by atoms with Crippen LogP contribution in [0, 0.1) is 12.8 Å². The van der Waals surface area contributed by atoms with Gasteiger partial charge in [0.1, 0.15) is 11.6 Å². The van der Waals surface area contributed by atoms with Gasteiger partial charge in [0, 0.05) is 19.6 Å². The molecule has 0 saturated heterocycles. The maximum atomic E-state index is 12.0. The molecule has 0 aliphatic carbocycles. The van der Waals surface area contributed by atoms with Crippen molar-refractivity contribution >= 4 is 30.7 Å². The molecule has 1 atom stereocenters. The summed E-state index contributed by atoms with van der Waals surface area (Å²) >= 11 is 0. The fourth-order valence-corrected chi connectivity index (χ4v) is 2.19. The minimum atomic E-state index is -0.00695. The van der Waals surface area contributed by atoms with Crippen molar-refractivity contribution in [2.24, 2.45) is 18.7 Å². The first kappa shape index (κ1) is 24.4. The lowest BCUT2D eigenvalue weighted by Crippen LogP contribution is -2.45. The van der Waals surface area contributed by atoms with Gasteiger partial charge < -0.3 is 15.6 Å². The number of nitrogens with one attached hydrogen (secondary N) is 1. The van der Waals surface area contributed by atoms with E-state index in [1.807, 2.05) is 30.5 Å². The first-order valence-corrected chi connectivity index (χ1v) is 7.36. The summed E-state index contributed by atoms with van der Waals surface area (Å²) in [6, 6.07) is 0.0444. The van der Waals surface area contributed by atoms with Crippen molar-refractivity contribution in [3.8, 4) is 0 Å². The highest BCUT2D eigenvalue weighted by molar-refractivity contribution is 5.85. The van der Waals surface area contributed by atoms with Crippen LogP contribution in [-0.2, 0) is 18.4 Å². The Balaban J connectivity index is 0. The second-order valence-electron chi connectivity index (χ2n) is 6.02. The van der Waals surface area contributed by atoms with Crippen LogP contribution in [0.3, 0.4) is 0 Å². The third-order valence-corrected chi connectivity index (χ3v) is 3.41. The summed E-state index contributed by atoms with van der Waals surface area (Å²) in [7, 11) is 3.81. The Morgan fingerprint density at radius 2 is 1.96 bits per heavy atom. The quantitative estimate of drug-likeness (QED) is 0.710. The Morgan fingerprint density at radius 3 is 2.39 bits per heavy atom. The molecule has 3 N–H and O–H groups in total. The summed E-state index contributed by atoms with van der Waals surface area (Å²) in [5.74, 6) is 2.22. The molecule has 0 bridgehead atoms. The lowest BCUT2D eigenvalue weighted by molar-refractivity contribution is -0.122. The van der Waals surface area contributed by atoms with Crippen molar-refractivity contribution in [1.29, 1.82) is 0 Å². The molecule has 9 heteroatoms. The average molecular weight is 369 g/mol. The molecule has 136 valence electrons. The average Bonchev–Trinajstić information content (AvgIpc) is 2.69. The molecule has 1 aromatic heterocycles. The normalized spacial score (nSPS) is 11.8. The molecule has 0 aliphatic heterocycles. The summed E-state index contributed by atoms with van der Waals surface area (Å²) in [6.45, 7) is 7.52. The van der Waals surface area contributed by atoms with E-state index >= 15 is 0 Å². The zero-order valence-electron chi connectivity index (χ0n) is 14.6. The lowest BCUT2D eigenvalue weighted by Gasteiger charge is -2.21. The van der Waals surface area contributed by atoms with Crippen molar-refractivity contribution in [2.75, 3.05) is 20.1 Å². The van der Waals surface area contributed by atoms with E-state index in [2.05, 4.69) is 29.4 Å². The summed E-state index contributed by atoms with van der Waals surface area (Å²) in [5, 5.41) is 11.1. The molecule has 0 saturated carbocycles. The fraction of sp³-hybridized carbons (Fsp3) is 0.786. The van der Waals surface area contributed by atoms with Gasteiger partial charge in [0.25, 0.3) is 0 Å². The predicted octanol–water partition coefficient (Wildman–Crippen LogP) is 0.889. The van der Waals surface area contributed by atoms with E-state index in [0.717, 1.165) is 18.1 Å². The van der Waals surface area contributed by atoms with Gasteiger partial charge in [0.2, 0.25) is 5.91 Å². The number of nitrogens with two attached hydrogens (primary N) is 1. The second-order valence-corrected chi connectivity index (χ2v) is 6.02. The largest absolute Gasteiger partial charge is 0.351 e. The van der Waals surface area contributed by atoms with E-state index in [1.54, 1.807) is 0 Å². The summed E-state index contributed by atoms with van der Waals surface area (Å²) in [4.78, 5) is 14.0. The molecule has 1 rings (SSSR count).